The quantitative estimate of drug-likeness (QED) is 0.159. The van der Waals surface area contributed by atoms with E-state index in [1.807, 2.05) is 0 Å². The maximum atomic E-state index is 2.73. The molecule has 2 aliphatic heterocycles. The van der Waals surface area contributed by atoms with Gasteiger partial charge < -0.3 is 14.7 Å². The first-order valence-electron chi connectivity index (χ1n) is 30.3. The van der Waals surface area contributed by atoms with Gasteiger partial charge in [-0.25, -0.2) is 0 Å². The Morgan fingerprint density at radius 2 is 0.915 bits per heavy atom. The molecule has 0 amide bonds. The molecule has 0 unspecified atom stereocenters. The zero-order valence-corrected chi connectivity index (χ0v) is 51.5. The van der Waals surface area contributed by atoms with Crippen molar-refractivity contribution in [3.05, 3.63) is 237 Å². The van der Waals surface area contributed by atoms with E-state index in [-0.39, 0.29) is 39.2 Å². The monoisotopic (exact) mass is 1070 g/mol. The number of aryl methyl sites for hydroxylation is 2. The van der Waals surface area contributed by atoms with Crippen molar-refractivity contribution in [1.82, 2.24) is 0 Å². The van der Waals surface area contributed by atoms with Crippen molar-refractivity contribution in [3.8, 4) is 11.1 Å². The summed E-state index contributed by atoms with van der Waals surface area (Å²) in [6, 6.07) is 67.0. The zero-order valence-electron chi connectivity index (χ0n) is 51.5. The van der Waals surface area contributed by atoms with E-state index in [0.29, 0.717) is 0 Å². The number of nitrogens with zero attached hydrogens (tertiary/aromatic N) is 3. The average molecular weight is 1070 g/mol. The molecule has 0 radical (unpaired) electrons. The van der Waals surface area contributed by atoms with Gasteiger partial charge in [0.15, 0.2) is 0 Å². The molecule has 0 atom stereocenters. The van der Waals surface area contributed by atoms with Gasteiger partial charge in [-0.05, 0) is 203 Å². The van der Waals surface area contributed by atoms with Crippen LogP contribution in [0.15, 0.2) is 170 Å². The van der Waals surface area contributed by atoms with E-state index in [4.69, 9.17) is 0 Å². The third-order valence-electron chi connectivity index (χ3n) is 20.2. The number of anilines is 9. The van der Waals surface area contributed by atoms with Crippen LogP contribution in [0, 0.1) is 13.8 Å². The molecule has 4 heteroatoms. The van der Waals surface area contributed by atoms with Crippen molar-refractivity contribution in [2.75, 3.05) is 14.7 Å². The smallest absolute Gasteiger partial charge is 0.252 e. The predicted octanol–water partition coefficient (Wildman–Crippen LogP) is 18.9. The molecule has 3 nitrogen and oxygen atoms in total. The molecule has 5 aliphatic rings. The van der Waals surface area contributed by atoms with Crippen LogP contribution in [0.4, 0.5) is 51.2 Å². The van der Waals surface area contributed by atoms with E-state index < -0.39 is 0 Å². The number of hydrogen-bond donors (Lipinski definition) is 0. The highest BCUT2D eigenvalue weighted by Gasteiger charge is 2.50. The summed E-state index contributed by atoms with van der Waals surface area (Å²) >= 11 is 0. The van der Waals surface area contributed by atoms with Gasteiger partial charge >= 0.3 is 0 Å². The van der Waals surface area contributed by atoms with Crippen molar-refractivity contribution in [1.29, 1.82) is 0 Å². The first-order valence-corrected chi connectivity index (χ1v) is 30.3. The van der Waals surface area contributed by atoms with Crippen LogP contribution in [0.1, 0.15) is 170 Å². The van der Waals surface area contributed by atoms with Crippen LogP contribution < -0.4 is 31.1 Å². The molecule has 0 aromatic heterocycles. The van der Waals surface area contributed by atoms with Crippen LogP contribution in [0.3, 0.4) is 0 Å². The Bertz CT molecular complexity index is 4100. The summed E-state index contributed by atoms with van der Waals surface area (Å²) in [5.74, 6) is 0. The Morgan fingerprint density at radius 3 is 1.51 bits per heavy atom. The first-order chi connectivity index (χ1) is 38.7. The third kappa shape index (κ3) is 7.68. The highest BCUT2D eigenvalue weighted by molar-refractivity contribution is 7.00. The number of benzene rings is 9. The summed E-state index contributed by atoms with van der Waals surface area (Å²) in [4.78, 5) is 7.92. The van der Waals surface area contributed by atoms with Gasteiger partial charge in [0, 0.05) is 62.7 Å². The highest BCUT2D eigenvalue weighted by atomic mass is 15.2. The molecule has 9 aromatic rings. The van der Waals surface area contributed by atoms with E-state index in [9.17, 15) is 0 Å². The van der Waals surface area contributed by atoms with E-state index >= 15 is 0 Å². The topological polar surface area (TPSA) is 9.72 Å². The molecule has 82 heavy (non-hydrogen) atoms. The maximum absolute atomic E-state index is 2.73. The second-order valence-corrected chi connectivity index (χ2v) is 29.5. The minimum Gasteiger partial charge on any atom is -0.311 e. The Labute approximate surface area is 490 Å². The van der Waals surface area contributed by atoms with Gasteiger partial charge in [-0.3, -0.25) is 0 Å². The molecule has 0 fully saturated rings. The molecule has 9 aromatic carbocycles. The molecule has 0 spiro atoms. The zero-order chi connectivity index (χ0) is 57.5. The van der Waals surface area contributed by atoms with Crippen molar-refractivity contribution in [3.63, 3.8) is 0 Å². The van der Waals surface area contributed by atoms with Crippen molar-refractivity contribution >= 4 is 74.3 Å². The van der Waals surface area contributed by atoms with Crippen molar-refractivity contribution in [2.24, 2.45) is 0 Å². The average Bonchev–Trinajstić information content (AvgIpc) is 1.47. The molecule has 0 bridgehead atoms. The van der Waals surface area contributed by atoms with Crippen LogP contribution >= 0.6 is 0 Å². The van der Waals surface area contributed by atoms with Crippen LogP contribution in [-0.4, -0.2) is 6.71 Å². The predicted molar refractivity (Wildman–Crippen MR) is 352 cm³/mol. The summed E-state index contributed by atoms with van der Waals surface area (Å²) in [5, 5.41) is 0. The largest absolute Gasteiger partial charge is 0.311 e. The van der Waals surface area contributed by atoms with Gasteiger partial charge in [0.25, 0.3) is 6.71 Å². The summed E-state index contributed by atoms with van der Waals surface area (Å²) in [5.41, 5.74) is 34.0. The van der Waals surface area contributed by atoms with Gasteiger partial charge in [-0.15, -0.1) is 0 Å². The minimum absolute atomic E-state index is 0.000732. The van der Waals surface area contributed by atoms with E-state index in [1.54, 1.807) is 0 Å². The SMILES string of the molecule is Cc1cc2c3c(c1)N(c1cccc4c1Cc1ccccc1-4)c1cc(N(c4ccc(C(C)(C)C)cc4)c4ccc(C(C)(C)C)cc4)ccc1B3c1cc3c(cc1N2c1cc2c(cc1C)C(C)(C)c1ccccc1C2(C)C)C(C)(C)CC3(C)C. The van der Waals surface area contributed by atoms with Crippen LogP contribution in [0.2, 0.25) is 0 Å². The number of rotatable bonds is 5. The lowest BCUT2D eigenvalue weighted by Gasteiger charge is -2.47. The molecule has 14 rings (SSSR count). The lowest BCUT2D eigenvalue weighted by molar-refractivity contribution is 0.403. The molecule has 0 saturated heterocycles. The summed E-state index contributed by atoms with van der Waals surface area (Å²) < 4.78 is 0. The van der Waals surface area contributed by atoms with Gasteiger partial charge in [-0.1, -0.05) is 200 Å². The minimum atomic E-state index is -0.211. The van der Waals surface area contributed by atoms with Gasteiger partial charge in [0.2, 0.25) is 0 Å². The molecule has 3 aliphatic carbocycles. The normalized spacial score (nSPS) is 17.0. The fourth-order valence-corrected chi connectivity index (χ4v) is 16.1. The van der Waals surface area contributed by atoms with Gasteiger partial charge in [0.05, 0.1) is 5.69 Å². The number of fused-ring (bicyclic) bond motifs is 10. The van der Waals surface area contributed by atoms with E-state index in [2.05, 4.69) is 295 Å². The first kappa shape index (κ1) is 52.5. The number of hydrogen-bond acceptors (Lipinski definition) is 3. The van der Waals surface area contributed by atoms with Gasteiger partial charge in [0.1, 0.15) is 0 Å². The second-order valence-electron chi connectivity index (χ2n) is 29.5. The Morgan fingerprint density at radius 1 is 0.415 bits per heavy atom. The van der Waals surface area contributed by atoms with Crippen LogP contribution in [0.5, 0.6) is 0 Å². The lowest BCUT2D eigenvalue weighted by Crippen LogP contribution is -2.61. The van der Waals surface area contributed by atoms with Crippen LogP contribution in [0.25, 0.3) is 11.1 Å². The van der Waals surface area contributed by atoms with E-state index in [0.717, 1.165) is 29.9 Å². The Balaban J connectivity index is 1.06. The molecule has 0 N–H and O–H groups in total. The Hall–Kier alpha value is -7.56. The molecular weight excluding hydrogens is 990 g/mol. The molecule has 410 valence electrons. The van der Waals surface area contributed by atoms with E-state index in [1.165, 1.54) is 128 Å². The summed E-state index contributed by atoms with van der Waals surface area (Å²) in [6.45, 7) is 38.2. The second kappa shape index (κ2) is 17.5. The molecule has 2 heterocycles. The van der Waals surface area contributed by atoms with Crippen molar-refractivity contribution < 1.29 is 0 Å². The fourth-order valence-electron chi connectivity index (χ4n) is 16.1. The van der Waals surface area contributed by atoms with Crippen molar-refractivity contribution in [2.45, 2.75) is 156 Å². The fraction of sp³-hybridized carbons (Fsp3) is 0.308. The highest BCUT2D eigenvalue weighted by Crippen LogP contribution is 2.57. The maximum Gasteiger partial charge on any atom is 0.252 e. The lowest BCUT2D eigenvalue weighted by atomic mass is 9.33. The molecular formula is C78H80BN3. The van der Waals surface area contributed by atoms with Gasteiger partial charge in [-0.2, -0.15) is 0 Å². The molecule has 0 saturated carbocycles. The Kier molecular flexibility index (Phi) is 11.2. The third-order valence-corrected chi connectivity index (χ3v) is 20.2. The summed E-state index contributed by atoms with van der Waals surface area (Å²) in [7, 11) is 0. The van der Waals surface area contributed by atoms with Crippen LogP contribution in [-0.2, 0) is 38.9 Å². The standard InChI is InChI=1S/C78H80BN3/c1-47-38-70-72-71(39-47)82(67-45-63-62(40-48(67)2)77(13,14)58-25-19-20-26-59(58)78(63,15)16)69-44-61-60(75(9,10)46-76(61,11)12)43-65(69)79(72)64-37-36-54(42-68(64)81(70)66-27-21-24-56-55-23-18-17-22-49(55)41-57(56)66)80(52-32-28-50(29-33-52)73(3,4)5)53-34-30-51(31-35-53)74(6,7)8/h17-40,42-45H,41,46H2,1-16H3. The summed E-state index contributed by atoms with van der Waals surface area (Å²) in [6.07, 6.45) is 1.98.